The fourth-order valence-electron chi connectivity index (χ4n) is 3.15. The van der Waals surface area contributed by atoms with Gasteiger partial charge in [0.2, 0.25) is 0 Å². The first-order valence-corrected chi connectivity index (χ1v) is 10.8. The molecule has 2 aromatic rings. The zero-order valence-corrected chi connectivity index (χ0v) is 16.9. The van der Waals surface area contributed by atoms with Crippen LogP contribution in [0.5, 0.6) is 0 Å². The van der Waals surface area contributed by atoms with Gasteiger partial charge >= 0.3 is 12.0 Å². The second kappa shape index (κ2) is 9.16. The summed E-state index contributed by atoms with van der Waals surface area (Å²) in [6.07, 6.45) is 6.93. The zero-order valence-electron chi connectivity index (χ0n) is 15.2. The normalized spacial score (nSPS) is 14.0. The van der Waals surface area contributed by atoms with Crippen molar-refractivity contribution in [3.63, 3.8) is 0 Å². The number of urea groups is 1. The van der Waals surface area contributed by atoms with Crippen LogP contribution in [0.1, 0.15) is 41.7 Å². The first-order chi connectivity index (χ1) is 13.5. The summed E-state index contributed by atoms with van der Waals surface area (Å²) < 4.78 is 0.729. The van der Waals surface area contributed by atoms with Gasteiger partial charge in [-0.3, -0.25) is 20.2 Å². The van der Waals surface area contributed by atoms with Crippen molar-refractivity contribution in [1.82, 2.24) is 9.97 Å². The second-order valence-corrected chi connectivity index (χ2v) is 8.43. The van der Waals surface area contributed by atoms with Crippen LogP contribution in [0.25, 0.3) is 0 Å². The summed E-state index contributed by atoms with van der Waals surface area (Å²) in [6.45, 7) is 0. The van der Waals surface area contributed by atoms with Gasteiger partial charge < -0.3 is 5.11 Å². The minimum Gasteiger partial charge on any atom is -0.481 e. The summed E-state index contributed by atoms with van der Waals surface area (Å²) in [4.78, 5) is 44.4. The number of hydrogen-bond acceptors (Lipinski definition) is 7. The van der Waals surface area contributed by atoms with E-state index in [1.807, 2.05) is 6.26 Å². The van der Waals surface area contributed by atoms with Gasteiger partial charge in [-0.2, -0.15) is 0 Å². The van der Waals surface area contributed by atoms with Crippen LogP contribution in [-0.4, -0.2) is 39.1 Å². The van der Waals surface area contributed by atoms with Gasteiger partial charge in [-0.15, -0.1) is 11.8 Å². The van der Waals surface area contributed by atoms with Crippen molar-refractivity contribution in [2.45, 2.75) is 36.3 Å². The van der Waals surface area contributed by atoms with E-state index in [0.717, 1.165) is 29.9 Å². The molecule has 28 heavy (non-hydrogen) atoms. The summed E-state index contributed by atoms with van der Waals surface area (Å²) >= 11 is 2.57. The van der Waals surface area contributed by atoms with Crippen LogP contribution in [-0.2, 0) is 11.2 Å². The van der Waals surface area contributed by atoms with Gasteiger partial charge in [0, 0.05) is 12.1 Å². The fourth-order valence-corrected chi connectivity index (χ4v) is 4.79. The number of aliphatic carboxylic acids is 1. The lowest BCUT2D eigenvalue weighted by atomic mass is 9.97. The monoisotopic (exact) mass is 420 g/mol. The molecular weight excluding hydrogens is 400 g/mol. The van der Waals surface area contributed by atoms with Gasteiger partial charge in [0.05, 0.1) is 21.9 Å². The molecule has 1 fully saturated rings. The quantitative estimate of drug-likeness (QED) is 0.459. The Balaban J connectivity index is 1.71. The van der Waals surface area contributed by atoms with Crippen LogP contribution in [0.15, 0.2) is 22.5 Å². The molecule has 148 valence electrons. The van der Waals surface area contributed by atoms with Crippen molar-refractivity contribution < 1.29 is 19.5 Å². The molecule has 2 amide bonds. The molecule has 0 bridgehead atoms. The van der Waals surface area contributed by atoms with Crippen molar-refractivity contribution in [1.29, 1.82) is 0 Å². The van der Waals surface area contributed by atoms with Gasteiger partial charge in [0.1, 0.15) is 5.82 Å². The van der Waals surface area contributed by atoms with Gasteiger partial charge in [-0.25, -0.2) is 14.8 Å². The third kappa shape index (κ3) is 4.87. The number of carboxylic acid groups (broad SMARTS) is 1. The minimum atomic E-state index is -0.986. The van der Waals surface area contributed by atoms with Gasteiger partial charge in [-0.1, -0.05) is 24.2 Å². The topological polar surface area (TPSA) is 121 Å². The number of carbonyl (C=O) groups excluding carboxylic acids is 2. The van der Waals surface area contributed by atoms with Crippen molar-refractivity contribution in [2.24, 2.45) is 5.92 Å². The SMILES string of the molecule is CSc1sc(NC(=O)Nc2ncccc2C(=O)C2CCCC2)nc1CC(=O)O. The van der Waals surface area contributed by atoms with Crippen LogP contribution in [0.4, 0.5) is 15.7 Å². The molecule has 3 rings (SSSR count). The van der Waals surface area contributed by atoms with Crippen molar-refractivity contribution in [3.05, 3.63) is 29.6 Å². The molecule has 0 aromatic carbocycles. The van der Waals surface area contributed by atoms with E-state index in [0.29, 0.717) is 11.3 Å². The molecule has 8 nitrogen and oxygen atoms in total. The molecule has 3 N–H and O–H groups in total. The largest absolute Gasteiger partial charge is 0.481 e. The molecule has 0 aliphatic heterocycles. The summed E-state index contributed by atoms with van der Waals surface area (Å²) in [5.74, 6) is -0.789. The number of nitrogens with one attached hydrogen (secondary N) is 2. The molecule has 1 aliphatic rings. The highest BCUT2D eigenvalue weighted by atomic mass is 32.2. The third-order valence-electron chi connectivity index (χ3n) is 4.42. The fraction of sp³-hybridized carbons (Fsp3) is 0.389. The lowest BCUT2D eigenvalue weighted by Gasteiger charge is -2.12. The van der Waals surface area contributed by atoms with Gasteiger partial charge in [0.25, 0.3) is 0 Å². The maximum atomic E-state index is 12.7. The first-order valence-electron chi connectivity index (χ1n) is 8.80. The smallest absolute Gasteiger partial charge is 0.326 e. The van der Waals surface area contributed by atoms with Crippen LogP contribution in [0.2, 0.25) is 0 Å². The zero-order chi connectivity index (χ0) is 20.1. The minimum absolute atomic E-state index is 0.00330. The summed E-state index contributed by atoms with van der Waals surface area (Å²) in [6, 6.07) is 2.76. The van der Waals surface area contributed by atoms with Crippen molar-refractivity contribution in [2.75, 3.05) is 16.9 Å². The predicted octanol–water partition coefficient (Wildman–Crippen LogP) is 3.90. The predicted molar refractivity (Wildman–Crippen MR) is 108 cm³/mol. The highest BCUT2D eigenvalue weighted by Gasteiger charge is 2.26. The maximum absolute atomic E-state index is 12.7. The summed E-state index contributed by atoms with van der Waals surface area (Å²) in [5, 5.41) is 14.5. The Morgan fingerprint density at radius 3 is 2.71 bits per heavy atom. The van der Waals surface area contributed by atoms with E-state index in [2.05, 4.69) is 20.6 Å². The highest BCUT2D eigenvalue weighted by Crippen LogP contribution is 2.32. The average Bonchev–Trinajstić information content (AvgIpc) is 3.31. The van der Waals surface area contributed by atoms with Gasteiger partial charge in [0.15, 0.2) is 10.9 Å². The number of nitrogens with zero attached hydrogens (tertiary/aromatic N) is 2. The Morgan fingerprint density at radius 1 is 1.29 bits per heavy atom. The second-order valence-electron chi connectivity index (χ2n) is 6.35. The number of Topliss-reactive ketones (excluding diaryl/α,β-unsaturated/α-hetero) is 1. The van der Waals surface area contributed by atoms with Crippen LogP contribution in [0.3, 0.4) is 0 Å². The Hall–Kier alpha value is -2.46. The molecule has 2 aromatic heterocycles. The number of rotatable bonds is 7. The summed E-state index contributed by atoms with van der Waals surface area (Å²) in [7, 11) is 0. The van der Waals surface area contributed by atoms with E-state index in [1.165, 1.54) is 29.3 Å². The number of aromatic nitrogens is 2. The number of thioether (sulfide) groups is 1. The van der Waals surface area contributed by atoms with Gasteiger partial charge in [-0.05, 0) is 31.2 Å². The molecule has 0 atom stereocenters. The molecule has 0 spiro atoms. The standard InChI is InChI=1S/C18H20N4O4S2/c1-27-16-12(9-13(23)24)20-18(28-16)22-17(26)21-15-11(7-4-8-19-15)14(25)10-5-2-3-6-10/h4,7-8,10H,2-3,5-6,9H2,1H3,(H,23,24)(H2,19,20,21,22,26). The maximum Gasteiger partial charge on any atom is 0.326 e. The van der Waals surface area contributed by atoms with E-state index >= 15 is 0 Å². The number of pyridine rings is 1. The van der Waals surface area contributed by atoms with Crippen LogP contribution >= 0.6 is 23.1 Å². The van der Waals surface area contributed by atoms with E-state index < -0.39 is 12.0 Å². The van der Waals surface area contributed by atoms with Crippen molar-refractivity contribution in [3.8, 4) is 0 Å². The molecular formula is C18H20N4O4S2. The third-order valence-corrected chi connectivity index (χ3v) is 6.58. The number of anilines is 2. The van der Waals surface area contributed by atoms with E-state index in [-0.39, 0.29) is 29.1 Å². The Labute approximate surface area is 170 Å². The number of ketones is 1. The molecule has 1 aliphatic carbocycles. The number of thiazole rings is 1. The molecule has 0 saturated heterocycles. The highest BCUT2D eigenvalue weighted by molar-refractivity contribution is 8.00. The van der Waals surface area contributed by atoms with E-state index in [9.17, 15) is 14.4 Å². The Morgan fingerprint density at radius 2 is 2.04 bits per heavy atom. The molecule has 1 saturated carbocycles. The van der Waals surface area contributed by atoms with Crippen LogP contribution < -0.4 is 10.6 Å². The number of carbonyl (C=O) groups is 3. The van der Waals surface area contributed by atoms with E-state index in [1.54, 1.807) is 12.1 Å². The molecule has 2 heterocycles. The molecule has 0 radical (unpaired) electrons. The lowest BCUT2D eigenvalue weighted by molar-refractivity contribution is -0.136. The Kier molecular flexibility index (Phi) is 6.63. The average molecular weight is 421 g/mol. The van der Waals surface area contributed by atoms with E-state index in [4.69, 9.17) is 5.11 Å². The lowest BCUT2D eigenvalue weighted by Crippen LogP contribution is -2.23. The first kappa shape index (κ1) is 20.3. The summed E-state index contributed by atoms with van der Waals surface area (Å²) in [5.41, 5.74) is 0.815. The van der Waals surface area contributed by atoms with Crippen molar-refractivity contribution >= 4 is 51.8 Å². The van der Waals surface area contributed by atoms with Crippen LogP contribution in [0, 0.1) is 5.92 Å². The Bertz CT molecular complexity index is 893. The molecule has 0 unspecified atom stereocenters. The molecule has 10 heteroatoms. The number of hydrogen-bond donors (Lipinski definition) is 3. The number of carboxylic acids is 1. The number of amides is 2.